The van der Waals surface area contributed by atoms with Crippen molar-refractivity contribution in [2.24, 2.45) is 5.92 Å². The molecule has 0 saturated carbocycles. The fourth-order valence-corrected chi connectivity index (χ4v) is 3.55. The summed E-state index contributed by atoms with van der Waals surface area (Å²) in [6.45, 7) is 4.63. The Hall–Kier alpha value is -2.41. The van der Waals surface area contributed by atoms with Gasteiger partial charge in [0, 0.05) is 10.8 Å². The quantitative estimate of drug-likeness (QED) is 0.598. The van der Waals surface area contributed by atoms with Crippen molar-refractivity contribution < 1.29 is 0 Å². The lowest BCUT2D eigenvalue weighted by atomic mass is 9.65. The van der Waals surface area contributed by atoms with Gasteiger partial charge in [-0.25, -0.2) is 4.98 Å². The van der Waals surface area contributed by atoms with E-state index in [9.17, 15) is 0 Å². The second-order valence-electron chi connectivity index (χ2n) is 6.33. The smallest absolute Gasteiger partial charge is 0.0709 e. The number of fused-ring (bicyclic) bond motifs is 2. The molecule has 1 heterocycles. The number of allylic oxidation sites excluding steroid dienone is 1. The summed E-state index contributed by atoms with van der Waals surface area (Å²) < 4.78 is 0. The minimum atomic E-state index is -0.0393. The molecule has 2 unspecified atom stereocenters. The molecule has 1 heteroatoms. The Labute approximate surface area is 131 Å². The zero-order chi connectivity index (χ0) is 15.2. The minimum Gasteiger partial charge on any atom is -0.248 e. The van der Waals surface area contributed by atoms with Gasteiger partial charge in [-0.15, -0.1) is 0 Å². The highest BCUT2D eigenvalue weighted by atomic mass is 14.7. The van der Waals surface area contributed by atoms with Gasteiger partial charge in [0.15, 0.2) is 0 Å². The van der Waals surface area contributed by atoms with E-state index in [2.05, 4.69) is 80.6 Å². The number of pyridine rings is 1. The molecule has 0 radical (unpaired) electrons. The number of nitrogens with zero attached hydrogens (tertiary/aromatic N) is 1. The number of benzene rings is 2. The molecule has 0 N–H and O–H groups in total. The van der Waals surface area contributed by atoms with Crippen LogP contribution in [-0.2, 0) is 5.41 Å². The van der Waals surface area contributed by atoms with Gasteiger partial charge in [-0.05, 0) is 35.3 Å². The monoisotopic (exact) mass is 285 g/mol. The van der Waals surface area contributed by atoms with Crippen molar-refractivity contribution in [3.05, 3.63) is 83.6 Å². The normalized spacial score (nSPS) is 23.5. The molecule has 4 rings (SSSR count). The Balaban J connectivity index is 2.03. The van der Waals surface area contributed by atoms with Crippen LogP contribution in [0.1, 0.15) is 30.7 Å². The van der Waals surface area contributed by atoms with E-state index in [0.29, 0.717) is 5.92 Å². The first kappa shape index (κ1) is 13.3. The molecule has 1 aliphatic rings. The molecule has 22 heavy (non-hydrogen) atoms. The highest BCUT2D eigenvalue weighted by molar-refractivity contribution is 5.82. The molecule has 3 aromatic rings. The molecule has 0 bridgehead atoms. The van der Waals surface area contributed by atoms with Crippen LogP contribution in [0.5, 0.6) is 0 Å². The van der Waals surface area contributed by atoms with Crippen LogP contribution in [0.2, 0.25) is 0 Å². The molecule has 2 atom stereocenters. The molecule has 108 valence electrons. The second kappa shape index (κ2) is 4.81. The number of hydrogen-bond donors (Lipinski definition) is 0. The third-order valence-corrected chi connectivity index (χ3v) is 5.14. The van der Waals surface area contributed by atoms with Crippen molar-refractivity contribution in [3.8, 4) is 0 Å². The standard InChI is InChI=1S/C21H19N/c1-15-12-13-20-18(14-16-8-6-7-11-19(16)22-20)21(15,2)17-9-4-3-5-10-17/h3-15H,1-2H3. The molecule has 0 saturated heterocycles. The van der Waals surface area contributed by atoms with E-state index in [4.69, 9.17) is 4.98 Å². The number of hydrogen-bond acceptors (Lipinski definition) is 1. The Morgan fingerprint density at radius 3 is 2.50 bits per heavy atom. The van der Waals surface area contributed by atoms with Crippen LogP contribution in [-0.4, -0.2) is 4.98 Å². The van der Waals surface area contributed by atoms with Gasteiger partial charge in [-0.1, -0.05) is 68.5 Å². The van der Waals surface area contributed by atoms with Crippen molar-refractivity contribution in [3.63, 3.8) is 0 Å². The van der Waals surface area contributed by atoms with Crippen molar-refractivity contribution in [1.29, 1.82) is 0 Å². The van der Waals surface area contributed by atoms with Crippen LogP contribution < -0.4 is 0 Å². The van der Waals surface area contributed by atoms with E-state index in [1.807, 2.05) is 6.07 Å². The summed E-state index contributed by atoms with van der Waals surface area (Å²) in [6, 6.07) is 21.5. The Kier molecular flexibility index (Phi) is 2.90. The van der Waals surface area contributed by atoms with Crippen LogP contribution in [0.15, 0.2) is 66.7 Å². The van der Waals surface area contributed by atoms with Gasteiger partial charge in [0.1, 0.15) is 0 Å². The van der Waals surface area contributed by atoms with Crippen LogP contribution in [0.4, 0.5) is 0 Å². The highest BCUT2D eigenvalue weighted by Crippen LogP contribution is 2.44. The Morgan fingerprint density at radius 1 is 0.955 bits per heavy atom. The van der Waals surface area contributed by atoms with E-state index in [1.54, 1.807) is 0 Å². The molecular weight excluding hydrogens is 266 g/mol. The lowest BCUT2D eigenvalue weighted by Gasteiger charge is -2.39. The van der Waals surface area contributed by atoms with E-state index >= 15 is 0 Å². The highest BCUT2D eigenvalue weighted by Gasteiger charge is 2.38. The van der Waals surface area contributed by atoms with Gasteiger partial charge < -0.3 is 0 Å². The lowest BCUT2D eigenvalue weighted by molar-refractivity contribution is 0.440. The van der Waals surface area contributed by atoms with Gasteiger partial charge in [-0.3, -0.25) is 0 Å². The first-order valence-electron chi connectivity index (χ1n) is 7.83. The van der Waals surface area contributed by atoms with Crippen LogP contribution in [0, 0.1) is 5.92 Å². The van der Waals surface area contributed by atoms with Crippen molar-refractivity contribution in [2.75, 3.05) is 0 Å². The molecule has 0 amide bonds. The number of para-hydroxylation sites is 1. The predicted octanol–water partition coefficient (Wildman–Crippen LogP) is 5.20. The van der Waals surface area contributed by atoms with Gasteiger partial charge in [0.05, 0.1) is 11.2 Å². The van der Waals surface area contributed by atoms with E-state index in [-0.39, 0.29) is 5.41 Å². The number of aromatic nitrogens is 1. The number of rotatable bonds is 1. The summed E-state index contributed by atoms with van der Waals surface area (Å²) in [4.78, 5) is 4.88. The zero-order valence-electron chi connectivity index (χ0n) is 13.0. The maximum atomic E-state index is 4.88. The SMILES string of the molecule is CC1C=Cc2nc3ccccc3cc2C1(C)c1ccccc1. The Morgan fingerprint density at radius 2 is 1.68 bits per heavy atom. The molecule has 2 aromatic carbocycles. The Bertz CT molecular complexity index is 863. The summed E-state index contributed by atoms with van der Waals surface area (Å²) in [5, 5.41) is 1.21. The molecular formula is C21H19N. The summed E-state index contributed by atoms with van der Waals surface area (Å²) in [6.07, 6.45) is 4.47. The zero-order valence-corrected chi connectivity index (χ0v) is 13.0. The average Bonchev–Trinajstić information content (AvgIpc) is 2.58. The molecule has 1 aromatic heterocycles. The molecule has 1 aliphatic carbocycles. The maximum absolute atomic E-state index is 4.88. The fraction of sp³-hybridized carbons (Fsp3) is 0.190. The molecule has 0 aliphatic heterocycles. The third-order valence-electron chi connectivity index (χ3n) is 5.14. The third kappa shape index (κ3) is 1.82. The van der Waals surface area contributed by atoms with E-state index in [0.717, 1.165) is 11.2 Å². The van der Waals surface area contributed by atoms with E-state index < -0.39 is 0 Å². The summed E-state index contributed by atoms with van der Waals surface area (Å²) in [5.41, 5.74) is 4.80. The van der Waals surface area contributed by atoms with Gasteiger partial charge in [-0.2, -0.15) is 0 Å². The summed E-state index contributed by atoms with van der Waals surface area (Å²) in [7, 11) is 0. The van der Waals surface area contributed by atoms with Crippen molar-refractivity contribution >= 4 is 17.0 Å². The van der Waals surface area contributed by atoms with Crippen LogP contribution in [0.3, 0.4) is 0 Å². The minimum absolute atomic E-state index is 0.0393. The van der Waals surface area contributed by atoms with Crippen molar-refractivity contribution in [2.45, 2.75) is 19.3 Å². The first-order chi connectivity index (χ1) is 10.7. The molecule has 0 spiro atoms. The van der Waals surface area contributed by atoms with Crippen LogP contribution in [0.25, 0.3) is 17.0 Å². The van der Waals surface area contributed by atoms with Gasteiger partial charge in [0.2, 0.25) is 0 Å². The second-order valence-corrected chi connectivity index (χ2v) is 6.33. The molecule has 0 fully saturated rings. The largest absolute Gasteiger partial charge is 0.248 e. The predicted molar refractivity (Wildman–Crippen MR) is 92.8 cm³/mol. The maximum Gasteiger partial charge on any atom is 0.0709 e. The van der Waals surface area contributed by atoms with Gasteiger partial charge in [0.25, 0.3) is 0 Å². The summed E-state index contributed by atoms with van der Waals surface area (Å²) >= 11 is 0. The topological polar surface area (TPSA) is 12.9 Å². The van der Waals surface area contributed by atoms with E-state index in [1.165, 1.54) is 16.5 Å². The van der Waals surface area contributed by atoms with Crippen LogP contribution >= 0.6 is 0 Å². The van der Waals surface area contributed by atoms with Gasteiger partial charge >= 0.3 is 0 Å². The fourth-order valence-electron chi connectivity index (χ4n) is 3.55. The summed E-state index contributed by atoms with van der Waals surface area (Å²) in [5.74, 6) is 0.436. The first-order valence-corrected chi connectivity index (χ1v) is 7.83. The molecule has 1 nitrogen and oxygen atoms in total. The average molecular weight is 285 g/mol. The van der Waals surface area contributed by atoms with Crippen molar-refractivity contribution in [1.82, 2.24) is 4.98 Å². The lowest BCUT2D eigenvalue weighted by Crippen LogP contribution is -2.33.